The molecule has 0 aromatic heterocycles. The molecule has 0 aliphatic rings. The van der Waals surface area contributed by atoms with Crippen molar-refractivity contribution in [3.63, 3.8) is 0 Å². The Hall–Kier alpha value is -1.60. The minimum Gasteiger partial charge on any atom is -0.479 e. The van der Waals surface area contributed by atoms with Crippen LogP contribution >= 0.6 is 0 Å². The second kappa shape index (κ2) is 8.54. The predicted molar refractivity (Wildman–Crippen MR) is 60.7 cm³/mol. The molecule has 0 spiro atoms. The second-order valence-corrected chi connectivity index (χ2v) is 3.21. The van der Waals surface area contributed by atoms with E-state index in [1.807, 2.05) is 0 Å². The molecule has 0 saturated heterocycles. The van der Waals surface area contributed by atoms with Gasteiger partial charge in [0.2, 0.25) is 0 Å². The molecular weight excluding hydrogens is 228 g/mol. The summed E-state index contributed by atoms with van der Waals surface area (Å²) < 4.78 is 4.66. The van der Waals surface area contributed by atoms with Crippen LogP contribution in [-0.4, -0.2) is 66.6 Å². The molecule has 1 unspecified atom stereocenters. The van der Waals surface area contributed by atoms with Crippen molar-refractivity contribution in [2.24, 2.45) is 0 Å². The van der Waals surface area contributed by atoms with Crippen LogP contribution in [0.5, 0.6) is 0 Å². The molecule has 2 amide bonds. The molecule has 0 aliphatic carbocycles. The van der Waals surface area contributed by atoms with E-state index in [9.17, 15) is 9.59 Å². The number of carbonyl (C=O) groups is 2. The van der Waals surface area contributed by atoms with Crippen LogP contribution < -0.4 is 5.32 Å². The Balaban J connectivity index is 4.20. The normalized spacial score (nSPS) is 11.6. The van der Waals surface area contributed by atoms with E-state index in [4.69, 9.17) is 10.2 Å². The van der Waals surface area contributed by atoms with Crippen LogP contribution in [0.1, 0.15) is 0 Å². The van der Waals surface area contributed by atoms with E-state index in [1.54, 1.807) is 0 Å². The third kappa shape index (κ3) is 5.88. The van der Waals surface area contributed by atoms with Crippen molar-refractivity contribution in [1.82, 2.24) is 10.2 Å². The van der Waals surface area contributed by atoms with Crippen LogP contribution in [0.15, 0.2) is 12.7 Å². The number of hydrogen-bond donors (Lipinski definition) is 3. The zero-order valence-corrected chi connectivity index (χ0v) is 9.76. The second-order valence-electron chi connectivity index (χ2n) is 3.21. The lowest BCUT2D eigenvalue weighted by Crippen LogP contribution is -2.46. The molecule has 3 N–H and O–H groups in total. The summed E-state index contributed by atoms with van der Waals surface area (Å²) >= 11 is 0. The molecular formula is C10H18N2O5. The monoisotopic (exact) mass is 246 g/mol. The van der Waals surface area contributed by atoms with E-state index >= 15 is 0 Å². The first kappa shape index (κ1) is 15.4. The Morgan fingerprint density at radius 2 is 2.24 bits per heavy atom. The fraction of sp³-hybridized carbons (Fsp3) is 0.600. The van der Waals surface area contributed by atoms with Crippen LogP contribution in [0.3, 0.4) is 0 Å². The highest BCUT2D eigenvalue weighted by atomic mass is 16.5. The first-order chi connectivity index (χ1) is 8.06. The number of aliphatic hydroxyl groups is 1. The minimum atomic E-state index is -1.15. The SMILES string of the molecule is C=CCN(CCO)C(=O)NCC(OC)C(=O)O. The van der Waals surface area contributed by atoms with Gasteiger partial charge in [0.25, 0.3) is 0 Å². The van der Waals surface area contributed by atoms with Gasteiger partial charge >= 0.3 is 12.0 Å². The summed E-state index contributed by atoms with van der Waals surface area (Å²) in [6.45, 7) is 3.61. The van der Waals surface area contributed by atoms with Crippen molar-refractivity contribution in [2.75, 3.05) is 33.4 Å². The van der Waals surface area contributed by atoms with Crippen LogP contribution in [0.25, 0.3) is 0 Å². The molecule has 7 nitrogen and oxygen atoms in total. The third-order valence-electron chi connectivity index (χ3n) is 2.01. The number of aliphatic carboxylic acids is 1. The Morgan fingerprint density at radius 3 is 2.65 bits per heavy atom. The molecule has 7 heteroatoms. The highest BCUT2D eigenvalue weighted by Crippen LogP contribution is 1.92. The van der Waals surface area contributed by atoms with E-state index in [2.05, 4.69) is 16.6 Å². The molecule has 0 fully saturated rings. The standard InChI is InChI=1S/C10H18N2O5/c1-3-4-12(5-6-13)10(16)11-7-8(17-2)9(14)15/h3,8,13H,1,4-7H2,2H3,(H,11,16)(H,14,15). The fourth-order valence-electron chi connectivity index (χ4n) is 1.12. The van der Waals surface area contributed by atoms with Gasteiger partial charge in [0.1, 0.15) is 0 Å². The quantitative estimate of drug-likeness (QED) is 0.491. The molecule has 0 saturated carbocycles. The molecule has 17 heavy (non-hydrogen) atoms. The number of carboxylic acid groups (broad SMARTS) is 1. The van der Waals surface area contributed by atoms with Crippen molar-refractivity contribution >= 4 is 12.0 Å². The first-order valence-corrected chi connectivity index (χ1v) is 5.07. The molecule has 98 valence electrons. The number of nitrogens with zero attached hydrogens (tertiary/aromatic N) is 1. The topological polar surface area (TPSA) is 99.1 Å². The van der Waals surface area contributed by atoms with Gasteiger partial charge in [-0.1, -0.05) is 6.08 Å². The van der Waals surface area contributed by atoms with Crippen molar-refractivity contribution in [3.8, 4) is 0 Å². The van der Waals surface area contributed by atoms with Crippen molar-refractivity contribution in [3.05, 3.63) is 12.7 Å². The Morgan fingerprint density at radius 1 is 1.59 bits per heavy atom. The molecule has 0 rings (SSSR count). The minimum absolute atomic E-state index is 0.135. The van der Waals surface area contributed by atoms with Crippen molar-refractivity contribution < 1.29 is 24.5 Å². The van der Waals surface area contributed by atoms with Crippen LogP contribution in [0.2, 0.25) is 0 Å². The van der Waals surface area contributed by atoms with Gasteiger partial charge in [-0.05, 0) is 0 Å². The van der Waals surface area contributed by atoms with Gasteiger partial charge < -0.3 is 25.2 Å². The number of urea groups is 1. The zero-order valence-electron chi connectivity index (χ0n) is 9.76. The maximum atomic E-state index is 11.6. The van der Waals surface area contributed by atoms with Gasteiger partial charge in [0.05, 0.1) is 13.2 Å². The van der Waals surface area contributed by atoms with Gasteiger partial charge in [-0.25, -0.2) is 9.59 Å². The molecule has 0 heterocycles. The molecule has 0 radical (unpaired) electrons. The largest absolute Gasteiger partial charge is 0.479 e. The number of carboxylic acids is 1. The number of hydrogen-bond acceptors (Lipinski definition) is 4. The molecule has 0 aliphatic heterocycles. The maximum Gasteiger partial charge on any atom is 0.334 e. The van der Waals surface area contributed by atoms with Gasteiger partial charge in [0.15, 0.2) is 6.10 Å². The summed E-state index contributed by atoms with van der Waals surface area (Å²) in [6, 6.07) is -0.470. The number of ether oxygens (including phenoxy) is 1. The number of aliphatic hydroxyl groups excluding tert-OH is 1. The Kier molecular flexibility index (Phi) is 7.74. The highest BCUT2D eigenvalue weighted by Gasteiger charge is 2.19. The molecule has 1 atom stereocenters. The van der Waals surface area contributed by atoms with E-state index in [-0.39, 0.29) is 26.2 Å². The predicted octanol–water partition coefficient (Wildman–Crippen LogP) is -0.724. The van der Waals surface area contributed by atoms with E-state index in [0.29, 0.717) is 0 Å². The third-order valence-corrected chi connectivity index (χ3v) is 2.01. The summed E-state index contributed by atoms with van der Waals surface area (Å²) in [5.74, 6) is -1.15. The summed E-state index contributed by atoms with van der Waals surface area (Å²) in [5, 5.41) is 19.8. The Labute approximate surface area is 99.7 Å². The number of nitrogens with one attached hydrogen (secondary N) is 1. The average Bonchev–Trinajstić information content (AvgIpc) is 2.28. The summed E-state index contributed by atoms with van der Waals surface area (Å²) in [4.78, 5) is 23.5. The fourth-order valence-corrected chi connectivity index (χ4v) is 1.12. The van der Waals surface area contributed by atoms with E-state index in [1.165, 1.54) is 18.1 Å². The number of methoxy groups -OCH3 is 1. The lowest BCUT2D eigenvalue weighted by molar-refractivity contribution is -0.148. The number of carbonyl (C=O) groups excluding carboxylic acids is 1. The lowest BCUT2D eigenvalue weighted by Gasteiger charge is -2.21. The maximum absolute atomic E-state index is 11.6. The van der Waals surface area contributed by atoms with Gasteiger partial charge in [0, 0.05) is 20.2 Å². The highest BCUT2D eigenvalue weighted by molar-refractivity contribution is 5.77. The smallest absolute Gasteiger partial charge is 0.334 e. The molecule has 0 aromatic rings. The van der Waals surface area contributed by atoms with Crippen LogP contribution in [-0.2, 0) is 9.53 Å². The molecule has 0 aromatic carbocycles. The Bertz CT molecular complexity index is 269. The number of rotatable bonds is 8. The number of amides is 2. The van der Waals surface area contributed by atoms with E-state index in [0.717, 1.165) is 0 Å². The van der Waals surface area contributed by atoms with E-state index < -0.39 is 18.1 Å². The summed E-state index contributed by atoms with van der Waals surface area (Å²) in [6.07, 6.45) is 0.430. The van der Waals surface area contributed by atoms with Gasteiger partial charge in [-0.15, -0.1) is 6.58 Å². The zero-order chi connectivity index (χ0) is 13.3. The molecule has 0 bridgehead atoms. The lowest BCUT2D eigenvalue weighted by atomic mass is 10.3. The van der Waals surface area contributed by atoms with Gasteiger partial charge in [-0.2, -0.15) is 0 Å². The van der Waals surface area contributed by atoms with Gasteiger partial charge in [-0.3, -0.25) is 0 Å². The van der Waals surface area contributed by atoms with Crippen LogP contribution in [0.4, 0.5) is 4.79 Å². The van der Waals surface area contributed by atoms with Crippen molar-refractivity contribution in [2.45, 2.75) is 6.10 Å². The summed E-state index contributed by atoms with van der Waals surface area (Å²) in [7, 11) is 1.25. The van der Waals surface area contributed by atoms with Crippen molar-refractivity contribution in [1.29, 1.82) is 0 Å². The first-order valence-electron chi connectivity index (χ1n) is 5.07. The summed E-state index contributed by atoms with van der Waals surface area (Å²) in [5.41, 5.74) is 0. The van der Waals surface area contributed by atoms with Crippen LogP contribution in [0, 0.1) is 0 Å². The average molecular weight is 246 g/mol.